The standard InChI is InChI=1S/C2H2ClF3OS2/c3-9(7)1-8-2(4,5)6/h1H2. The average molecular weight is 199 g/mol. The molecule has 0 aromatic carbocycles. The number of halogens is 4. The van der Waals surface area contributed by atoms with Crippen LogP contribution in [-0.4, -0.2) is 14.8 Å². The highest BCUT2D eigenvalue weighted by atomic mass is 35.7. The summed E-state index contributed by atoms with van der Waals surface area (Å²) in [5, 5.41) is -0.606. The van der Waals surface area contributed by atoms with Crippen LogP contribution < -0.4 is 0 Å². The van der Waals surface area contributed by atoms with E-state index in [1.165, 1.54) is 0 Å². The third-order valence-corrected chi connectivity index (χ3v) is 2.66. The van der Waals surface area contributed by atoms with Crippen molar-refractivity contribution < 1.29 is 17.4 Å². The van der Waals surface area contributed by atoms with Gasteiger partial charge in [-0.2, -0.15) is 13.2 Å². The topological polar surface area (TPSA) is 17.1 Å². The molecule has 0 aliphatic rings. The van der Waals surface area contributed by atoms with Crippen molar-refractivity contribution >= 4 is 32.5 Å². The van der Waals surface area contributed by atoms with E-state index in [1.807, 2.05) is 0 Å². The second kappa shape index (κ2) is 3.68. The molecule has 0 saturated carbocycles. The van der Waals surface area contributed by atoms with E-state index in [2.05, 4.69) is 0 Å². The lowest BCUT2D eigenvalue weighted by molar-refractivity contribution is -0.0324. The van der Waals surface area contributed by atoms with Crippen LogP contribution >= 0.6 is 22.4 Å². The first kappa shape index (κ1) is 9.58. The minimum absolute atomic E-state index is 0.390. The molecule has 0 amide bonds. The van der Waals surface area contributed by atoms with Crippen LogP contribution in [0.4, 0.5) is 13.2 Å². The highest BCUT2D eigenvalue weighted by molar-refractivity contribution is 8.20. The molecule has 1 nitrogen and oxygen atoms in total. The van der Waals surface area contributed by atoms with Gasteiger partial charge in [-0.15, -0.1) is 0 Å². The van der Waals surface area contributed by atoms with Gasteiger partial charge in [0.2, 0.25) is 0 Å². The highest BCUT2D eigenvalue weighted by Gasteiger charge is 2.28. The largest absolute Gasteiger partial charge is 0.442 e. The number of hydrogen-bond donors (Lipinski definition) is 0. The van der Waals surface area contributed by atoms with Crippen LogP contribution in [0.1, 0.15) is 0 Å². The molecule has 0 N–H and O–H groups in total. The fourth-order valence-electron chi connectivity index (χ4n) is 0.113. The zero-order valence-corrected chi connectivity index (χ0v) is 6.33. The van der Waals surface area contributed by atoms with Crippen LogP contribution in [-0.2, 0) is 10.0 Å². The second-order valence-corrected chi connectivity index (χ2v) is 4.30. The predicted molar refractivity (Wildman–Crippen MR) is 32.5 cm³/mol. The van der Waals surface area contributed by atoms with Crippen molar-refractivity contribution in [3.8, 4) is 0 Å². The Labute approximate surface area is 60.9 Å². The van der Waals surface area contributed by atoms with Gasteiger partial charge < -0.3 is 0 Å². The Kier molecular flexibility index (Phi) is 3.91. The monoisotopic (exact) mass is 198 g/mol. The van der Waals surface area contributed by atoms with E-state index in [9.17, 15) is 17.4 Å². The van der Waals surface area contributed by atoms with E-state index in [0.717, 1.165) is 0 Å². The molecule has 0 aliphatic carbocycles. The van der Waals surface area contributed by atoms with Crippen LogP contribution in [0.3, 0.4) is 0 Å². The lowest BCUT2D eigenvalue weighted by atomic mass is 11.6. The zero-order chi connectivity index (χ0) is 7.49. The summed E-state index contributed by atoms with van der Waals surface area (Å²) in [5.41, 5.74) is -4.33. The van der Waals surface area contributed by atoms with Crippen molar-refractivity contribution in [3.05, 3.63) is 0 Å². The van der Waals surface area contributed by atoms with Crippen molar-refractivity contribution in [2.75, 3.05) is 5.08 Å². The first-order valence-corrected chi connectivity index (χ1v) is 4.80. The Morgan fingerprint density at radius 2 is 2.00 bits per heavy atom. The van der Waals surface area contributed by atoms with Gasteiger partial charge in [0.25, 0.3) is 0 Å². The molecule has 0 rings (SSSR count). The third kappa shape index (κ3) is 8.58. The lowest BCUT2D eigenvalue weighted by Crippen LogP contribution is -2.01. The molecule has 56 valence electrons. The van der Waals surface area contributed by atoms with Crippen LogP contribution in [0.25, 0.3) is 0 Å². The molecule has 0 saturated heterocycles. The van der Waals surface area contributed by atoms with E-state index < -0.39 is 32.4 Å². The van der Waals surface area contributed by atoms with E-state index in [1.54, 1.807) is 0 Å². The Hall–Kier alpha value is 0.580. The maximum absolute atomic E-state index is 11.2. The number of alkyl halides is 3. The van der Waals surface area contributed by atoms with Gasteiger partial charge in [-0.3, -0.25) is 0 Å². The average Bonchev–Trinajstić information content (AvgIpc) is 1.59. The van der Waals surface area contributed by atoms with Crippen LogP contribution in [0.2, 0.25) is 0 Å². The van der Waals surface area contributed by atoms with Gasteiger partial charge in [0.15, 0.2) is 0 Å². The third-order valence-electron chi connectivity index (χ3n) is 0.315. The Balaban J connectivity index is 3.39. The minimum atomic E-state index is -4.33. The lowest BCUT2D eigenvalue weighted by Gasteiger charge is -2.00. The molecule has 0 spiro atoms. The van der Waals surface area contributed by atoms with Gasteiger partial charge >= 0.3 is 5.51 Å². The van der Waals surface area contributed by atoms with Crippen LogP contribution in [0.5, 0.6) is 0 Å². The quantitative estimate of drug-likeness (QED) is 0.632. The molecular formula is C2H2ClF3OS2. The summed E-state index contributed by atoms with van der Waals surface area (Å²) in [6.07, 6.45) is 0. The van der Waals surface area contributed by atoms with Crippen LogP contribution in [0, 0.1) is 0 Å². The number of hydrogen-bond acceptors (Lipinski definition) is 2. The van der Waals surface area contributed by atoms with E-state index in [-0.39, 0.29) is 0 Å². The van der Waals surface area contributed by atoms with Gasteiger partial charge in [-0.25, -0.2) is 4.21 Å². The van der Waals surface area contributed by atoms with Crippen molar-refractivity contribution in [1.29, 1.82) is 0 Å². The highest BCUT2D eigenvalue weighted by Crippen LogP contribution is 2.30. The molecule has 0 aromatic heterocycles. The second-order valence-electron chi connectivity index (χ2n) is 0.998. The zero-order valence-electron chi connectivity index (χ0n) is 3.94. The van der Waals surface area contributed by atoms with Gasteiger partial charge in [-0.05, 0) is 22.4 Å². The molecule has 0 radical (unpaired) electrons. The van der Waals surface area contributed by atoms with Crippen molar-refractivity contribution in [1.82, 2.24) is 0 Å². The van der Waals surface area contributed by atoms with Crippen LogP contribution in [0.15, 0.2) is 0 Å². The summed E-state index contributed by atoms with van der Waals surface area (Å²) < 4.78 is 43.4. The normalized spacial score (nSPS) is 15.6. The van der Waals surface area contributed by atoms with E-state index in [4.69, 9.17) is 10.7 Å². The van der Waals surface area contributed by atoms with Gasteiger partial charge in [0.05, 0.1) is 5.08 Å². The molecular weight excluding hydrogens is 197 g/mol. The molecule has 7 heteroatoms. The molecule has 0 aliphatic heterocycles. The Bertz CT molecular complexity index is 113. The van der Waals surface area contributed by atoms with Crippen molar-refractivity contribution in [2.45, 2.75) is 5.51 Å². The Morgan fingerprint density at radius 1 is 1.56 bits per heavy atom. The maximum Gasteiger partial charge on any atom is 0.442 e. The van der Waals surface area contributed by atoms with E-state index >= 15 is 0 Å². The molecule has 0 heterocycles. The smallest absolute Gasteiger partial charge is 0.242 e. The maximum atomic E-state index is 11.2. The minimum Gasteiger partial charge on any atom is -0.242 e. The van der Waals surface area contributed by atoms with Gasteiger partial charge in [-0.1, -0.05) is 0 Å². The number of rotatable bonds is 2. The summed E-state index contributed by atoms with van der Waals surface area (Å²) in [6.45, 7) is 0. The first-order chi connectivity index (χ1) is 3.92. The molecule has 0 fully saturated rings. The summed E-state index contributed by atoms with van der Waals surface area (Å²) in [4.78, 5) is 0. The fraction of sp³-hybridized carbons (Fsp3) is 1.00. The molecule has 1 atom stereocenters. The molecule has 1 unspecified atom stereocenters. The summed E-state index contributed by atoms with van der Waals surface area (Å²) >= 11 is -0.390. The summed E-state index contributed by atoms with van der Waals surface area (Å²) in [5.74, 6) is 0. The van der Waals surface area contributed by atoms with E-state index in [0.29, 0.717) is 0 Å². The number of thioether (sulfide) groups is 1. The van der Waals surface area contributed by atoms with Gasteiger partial charge in [0, 0.05) is 0 Å². The summed E-state index contributed by atoms with van der Waals surface area (Å²) in [6, 6.07) is 0. The molecule has 0 bridgehead atoms. The fourth-order valence-corrected chi connectivity index (χ4v) is 1.42. The first-order valence-electron chi connectivity index (χ1n) is 1.67. The summed E-state index contributed by atoms with van der Waals surface area (Å²) in [7, 11) is 2.84. The van der Waals surface area contributed by atoms with Crippen molar-refractivity contribution in [2.24, 2.45) is 0 Å². The van der Waals surface area contributed by atoms with Crippen molar-refractivity contribution in [3.63, 3.8) is 0 Å². The molecule has 0 aromatic rings. The van der Waals surface area contributed by atoms with Gasteiger partial charge in [0.1, 0.15) is 10.0 Å². The molecule has 9 heavy (non-hydrogen) atoms. The Morgan fingerprint density at radius 3 is 2.11 bits per heavy atom. The predicted octanol–water partition coefficient (Wildman–Crippen LogP) is 2.10. The SMILES string of the molecule is O=S(Cl)CSC(F)(F)F.